The fraction of sp³-hybridized carbons (Fsp3) is 0.500. The van der Waals surface area contributed by atoms with E-state index in [-0.39, 0.29) is 24.8 Å². The molecule has 0 spiro atoms. The molecular formula is C34H43N5O6S. The molecule has 0 radical (unpaired) electrons. The van der Waals surface area contributed by atoms with Crippen molar-refractivity contribution in [2.24, 2.45) is 11.8 Å². The average molecular weight is 650 g/mol. The number of aliphatic carboxylic acids is 1. The van der Waals surface area contributed by atoms with E-state index in [1.165, 1.54) is 11.3 Å². The summed E-state index contributed by atoms with van der Waals surface area (Å²) >= 11 is 1.50. The van der Waals surface area contributed by atoms with Gasteiger partial charge < -0.3 is 30.1 Å². The van der Waals surface area contributed by atoms with Crippen LogP contribution in [0.2, 0.25) is 0 Å². The smallest absolute Gasteiger partial charge is 0.326 e. The van der Waals surface area contributed by atoms with Gasteiger partial charge in [-0.15, -0.1) is 11.3 Å². The fourth-order valence-corrected chi connectivity index (χ4v) is 6.96. The Morgan fingerprint density at radius 1 is 1.09 bits per heavy atom. The number of allylic oxidation sites excluding steroid dienone is 2. The molecule has 4 atom stereocenters. The number of methoxy groups -OCH3 is 1. The number of hydrogen-bond donors (Lipinski definition) is 3. The second kappa shape index (κ2) is 14.9. The number of thiazole rings is 1. The number of carbonyl (C=O) groups excluding carboxylic acids is 2. The molecule has 4 unspecified atom stereocenters. The van der Waals surface area contributed by atoms with Crippen LogP contribution in [0.5, 0.6) is 11.5 Å². The van der Waals surface area contributed by atoms with E-state index in [1.807, 2.05) is 41.8 Å². The highest BCUT2D eigenvalue weighted by molar-refractivity contribution is 7.14. The molecule has 3 heterocycles. The first kappa shape index (κ1) is 33.2. The first-order chi connectivity index (χ1) is 22.1. The zero-order valence-corrected chi connectivity index (χ0v) is 27.6. The van der Waals surface area contributed by atoms with Crippen molar-refractivity contribution in [3.05, 3.63) is 41.8 Å². The molecule has 5 rings (SSSR count). The second-order valence-electron chi connectivity index (χ2n) is 12.4. The third-order valence-corrected chi connectivity index (χ3v) is 9.29. The summed E-state index contributed by atoms with van der Waals surface area (Å²) in [6.07, 6.45) is 7.60. The van der Waals surface area contributed by atoms with Gasteiger partial charge in [0.15, 0.2) is 5.13 Å². The molecule has 0 bridgehead atoms. The Balaban J connectivity index is 1.46. The summed E-state index contributed by atoms with van der Waals surface area (Å²) in [6, 6.07) is 6.61. The Kier molecular flexibility index (Phi) is 10.8. The Bertz CT molecular complexity index is 1590. The average Bonchev–Trinajstić information content (AvgIpc) is 3.67. The van der Waals surface area contributed by atoms with Crippen molar-refractivity contribution in [1.29, 1.82) is 0 Å². The molecule has 1 aliphatic heterocycles. The lowest BCUT2D eigenvalue weighted by Crippen LogP contribution is -2.46. The van der Waals surface area contributed by atoms with E-state index in [0.29, 0.717) is 47.8 Å². The number of nitrogens with one attached hydrogen (secondary N) is 2. The van der Waals surface area contributed by atoms with Gasteiger partial charge in [-0.25, -0.2) is 14.8 Å². The minimum Gasteiger partial charge on any atom is -0.497 e. The highest BCUT2D eigenvalue weighted by Crippen LogP contribution is 2.39. The third kappa shape index (κ3) is 7.96. The standard InChI is InChI=1S/C34H43N5O6S/c1-20(2)35-34-38-29(19-46-34)28-18-30(23-13-12-21(44-4)17-27(23)36-28)45-22-15-24-25(16-22)32(41)39(3)14-10-8-6-5-7-9-11-26(33(42)43)37-31(24)40/h5,7,12-13,17-20,22,24-26H,6,8-11,14-16H2,1-4H3,(H,35,38)(H,37,40)(H,42,43). The number of amides is 2. The van der Waals surface area contributed by atoms with Crippen molar-refractivity contribution in [3.63, 3.8) is 0 Å². The van der Waals surface area contributed by atoms with E-state index < -0.39 is 35.9 Å². The van der Waals surface area contributed by atoms with Crippen molar-refractivity contribution >= 4 is 45.2 Å². The predicted molar refractivity (Wildman–Crippen MR) is 178 cm³/mol. The van der Waals surface area contributed by atoms with Crippen LogP contribution in [0, 0.1) is 11.8 Å². The minimum absolute atomic E-state index is 0.124. The maximum atomic E-state index is 13.7. The van der Waals surface area contributed by atoms with Gasteiger partial charge in [0.25, 0.3) is 0 Å². The topological polar surface area (TPSA) is 143 Å². The SMILES string of the molecule is COc1ccc2c(OC3CC4C(=O)NC(C(=O)O)CCC=CCCCCN(C)C(=O)C4C3)cc(-c3csc(NC(C)C)n3)nc2c1. The summed E-state index contributed by atoms with van der Waals surface area (Å²) in [5, 5.41) is 19.4. The van der Waals surface area contributed by atoms with Crippen molar-refractivity contribution in [3.8, 4) is 22.9 Å². The second-order valence-corrected chi connectivity index (χ2v) is 13.2. The first-order valence-corrected chi connectivity index (χ1v) is 16.8. The number of hydrogen-bond acceptors (Lipinski definition) is 9. The van der Waals surface area contributed by atoms with Crippen molar-refractivity contribution < 1.29 is 29.0 Å². The maximum Gasteiger partial charge on any atom is 0.326 e. The van der Waals surface area contributed by atoms with Gasteiger partial charge in [-0.05, 0) is 70.9 Å². The van der Waals surface area contributed by atoms with Gasteiger partial charge in [-0.1, -0.05) is 12.2 Å². The number of rotatable bonds is 7. The maximum absolute atomic E-state index is 13.7. The van der Waals surface area contributed by atoms with Gasteiger partial charge in [-0.3, -0.25) is 9.59 Å². The van der Waals surface area contributed by atoms with E-state index in [9.17, 15) is 19.5 Å². The molecule has 11 nitrogen and oxygen atoms in total. The monoisotopic (exact) mass is 649 g/mol. The van der Waals surface area contributed by atoms with Crippen molar-refractivity contribution in [1.82, 2.24) is 20.2 Å². The van der Waals surface area contributed by atoms with E-state index in [1.54, 1.807) is 19.1 Å². The van der Waals surface area contributed by atoms with Crippen molar-refractivity contribution in [2.45, 2.75) is 77.0 Å². The van der Waals surface area contributed by atoms with Crippen LogP contribution in [-0.4, -0.2) is 76.6 Å². The quantitative estimate of drug-likeness (QED) is 0.283. The van der Waals surface area contributed by atoms with E-state index in [4.69, 9.17) is 19.4 Å². The molecule has 12 heteroatoms. The van der Waals surface area contributed by atoms with E-state index >= 15 is 0 Å². The molecule has 1 saturated carbocycles. The third-order valence-electron chi connectivity index (χ3n) is 8.52. The van der Waals surface area contributed by atoms with Gasteiger partial charge in [0.2, 0.25) is 11.8 Å². The van der Waals surface area contributed by atoms with Crippen molar-refractivity contribution in [2.75, 3.05) is 26.0 Å². The van der Waals surface area contributed by atoms with E-state index in [0.717, 1.165) is 29.8 Å². The lowest BCUT2D eigenvalue weighted by Gasteiger charge is -2.25. The summed E-state index contributed by atoms with van der Waals surface area (Å²) in [6.45, 7) is 4.69. The van der Waals surface area contributed by atoms with Gasteiger partial charge in [0.1, 0.15) is 29.3 Å². The Hall–Kier alpha value is -4.19. The number of aromatic nitrogens is 2. The molecule has 0 saturated heterocycles. The molecule has 1 fully saturated rings. The molecule has 2 amide bonds. The molecule has 3 aromatic rings. The first-order valence-electron chi connectivity index (χ1n) is 15.9. The number of carboxylic acid groups (broad SMARTS) is 1. The minimum atomic E-state index is -1.09. The van der Waals surface area contributed by atoms with Crippen LogP contribution in [0.25, 0.3) is 22.3 Å². The number of ether oxygens (including phenoxy) is 2. The van der Waals surface area contributed by atoms with Crippen LogP contribution in [0.4, 0.5) is 5.13 Å². The number of carbonyl (C=O) groups is 3. The molecule has 2 aromatic heterocycles. The lowest BCUT2D eigenvalue weighted by molar-refractivity contribution is -0.144. The molecular weight excluding hydrogens is 606 g/mol. The lowest BCUT2D eigenvalue weighted by atomic mass is 9.93. The molecule has 2 aliphatic rings. The fourth-order valence-electron chi connectivity index (χ4n) is 6.11. The Morgan fingerprint density at radius 3 is 2.63 bits per heavy atom. The largest absolute Gasteiger partial charge is 0.497 e. The van der Waals surface area contributed by atoms with Crippen LogP contribution < -0.4 is 20.1 Å². The van der Waals surface area contributed by atoms with Crippen LogP contribution in [0.3, 0.4) is 0 Å². The summed E-state index contributed by atoms with van der Waals surface area (Å²) in [5.41, 5.74) is 1.99. The molecule has 246 valence electrons. The summed E-state index contributed by atoms with van der Waals surface area (Å²) in [4.78, 5) is 50.7. The van der Waals surface area contributed by atoms with Crippen LogP contribution >= 0.6 is 11.3 Å². The van der Waals surface area contributed by atoms with E-state index in [2.05, 4.69) is 24.5 Å². The highest BCUT2D eigenvalue weighted by Gasteiger charge is 2.45. The normalized spacial score (nSPS) is 23.0. The number of fused-ring (bicyclic) bond motifs is 2. The molecule has 1 aromatic carbocycles. The van der Waals surface area contributed by atoms with Crippen LogP contribution in [0.15, 0.2) is 41.8 Å². The number of nitrogens with zero attached hydrogens (tertiary/aromatic N) is 3. The number of benzene rings is 1. The Morgan fingerprint density at radius 2 is 1.87 bits per heavy atom. The summed E-state index contributed by atoms with van der Waals surface area (Å²) in [7, 11) is 3.37. The Labute approximate surface area is 273 Å². The predicted octanol–water partition coefficient (Wildman–Crippen LogP) is 5.51. The molecule has 46 heavy (non-hydrogen) atoms. The number of anilines is 1. The van der Waals surface area contributed by atoms with Gasteiger partial charge in [0, 0.05) is 42.5 Å². The van der Waals surface area contributed by atoms with Gasteiger partial charge >= 0.3 is 5.97 Å². The van der Waals surface area contributed by atoms with Crippen LogP contribution in [0.1, 0.15) is 58.8 Å². The number of pyridine rings is 1. The zero-order chi connectivity index (χ0) is 32.8. The summed E-state index contributed by atoms with van der Waals surface area (Å²) in [5.74, 6) is -1.78. The molecule has 3 N–H and O–H groups in total. The number of carboxylic acids is 1. The summed E-state index contributed by atoms with van der Waals surface area (Å²) < 4.78 is 12.1. The molecule has 1 aliphatic carbocycles. The van der Waals surface area contributed by atoms with Gasteiger partial charge in [-0.2, -0.15) is 0 Å². The highest BCUT2D eigenvalue weighted by atomic mass is 32.1. The zero-order valence-electron chi connectivity index (χ0n) is 26.8. The van der Waals surface area contributed by atoms with Crippen LogP contribution in [-0.2, 0) is 14.4 Å². The van der Waals surface area contributed by atoms with Gasteiger partial charge in [0.05, 0.1) is 30.2 Å².